The largest absolute Gasteiger partial charge is 0.389 e. The number of nitrogens with zero attached hydrogens (tertiary/aromatic N) is 1. The molecule has 0 radical (unpaired) electrons. The van der Waals surface area contributed by atoms with Gasteiger partial charge in [0.25, 0.3) is 0 Å². The molecule has 0 saturated carbocycles. The molecule has 5 nitrogen and oxygen atoms in total. The first kappa shape index (κ1) is 23.7. The number of alkyl halides is 3. The average Bonchev–Trinajstić information content (AvgIpc) is 2.53. The summed E-state index contributed by atoms with van der Waals surface area (Å²) in [7, 11) is 0. The van der Waals surface area contributed by atoms with Gasteiger partial charge >= 0.3 is 12.2 Å². The van der Waals surface area contributed by atoms with Gasteiger partial charge in [-0.15, -0.1) is 0 Å². The Balaban J connectivity index is 2.81. The number of amides is 2. The first-order chi connectivity index (χ1) is 12.3. The van der Waals surface area contributed by atoms with E-state index in [0.717, 1.165) is 5.06 Å². The molecule has 2 amide bonds. The maximum absolute atomic E-state index is 12.4. The van der Waals surface area contributed by atoms with E-state index in [4.69, 9.17) is 39.6 Å². The van der Waals surface area contributed by atoms with Crippen molar-refractivity contribution in [2.24, 2.45) is 0 Å². The van der Waals surface area contributed by atoms with Gasteiger partial charge < -0.3 is 10.2 Å². The minimum atomic E-state index is -4.46. The van der Waals surface area contributed by atoms with Crippen molar-refractivity contribution < 1.29 is 27.6 Å². The fourth-order valence-electron chi connectivity index (χ4n) is 1.93. The molecule has 0 bridgehead atoms. The van der Waals surface area contributed by atoms with Crippen molar-refractivity contribution in [3.8, 4) is 5.75 Å². The molecule has 0 aliphatic heterocycles. The van der Waals surface area contributed by atoms with E-state index in [-0.39, 0.29) is 27.4 Å². The number of hydroxylamine groups is 2. The Hall–Kier alpha value is -1.38. The van der Waals surface area contributed by atoms with Crippen molar-refractivity contribution in [2.75, 3.05) is 6.54 Å². The van der Waals surface area contributed by atoms with Gasteiger partial charge in [0.05, 0.1) is 33.6 Å². The van der Waals surface area contributed by atoms with Crippen molar-refractivity contribution in [2.45, 2.75) is 45.3 Å². The van der Waals surface area contributed by atoms with E-state index in [1.807, 2.05) is 0 Å². The first-order valence-electron chi connectivity index (χ1n) is 7.79. The van der Waals surface area contributed by atoms with Crippen LogP contribution in [0.5, 0.6) is 5.75 Å². The lowest BCUT2D eigenvalue weighted by molar-refractivity contribution is -0.145. The van der Waals surface area contributed by atoms with Crippen LogP contribution in [0.3, 0.4) is 0 Å². The van der Waals surface area contributed by atoms with E-state index in [9.17, 15) is 22.8 Å². The van der Waals surface area contributed by atoms with Crippen LogP contribution in [0.1, 0.15) is 33.6 Å². The number of carbonyl (C=O) groups is 2. The van der Waals surface area contributed by atoms with Crippen molar-refractivity contribution in [3.05, 3.63) is 27.2 Å². The molecule has 0 heterocycles. The van der Waals surface area contributed by atoms with Crippen LogP contribution in [0, 0.1) is 0 Å². The highest BCUT2D eigenvalue weighted by Gasteiger charge is 2.35. The lowest BCUT2D eigenvalue weighted by Gasteiger charge is -2.29. The molecular weight excluding hydrogens is 432 g/mol. The molecule has 0 unspecified atom stereocenters. The molecule has 0 aliphatic rings. The number of carbonyl (C=O) groups excluding carboxylic acids is 2. The number of halogens is 6. The third kappa shape index (κ3) is 7.27. The van der Waals surface area contributed by atoms with Gasteiger partial charge in [-0.05, 0) is 20.8 Å². The standard InChI is InChI=1S/C16H18Cl3F3N2O3/c1-4-24(27-9-7-10(17)13(19)11(18)8-9)14(26)23-15(2,3)12(25)5-6-16(20,21)22/h7-8H,4-6H2,1-3H3,(H,23,26). The topological polar surface area (TPSA) is 58.6 Å². The second kappa shape index (κ2) is 9.21. The summed E-state index contributed by atoms with van der Waals surface area (Å²) >= 11 is 17.6. The van der Waals surface area contributed by atoms with Gasteiger partial charge in [0, 0.05) is 18.6 Å². The summed E-state index contributed by atoms with van der Waals surface area (Å²) < 4.78 is 36.9. The molecule has 0 atom stereocenters. The summed E-state index contributed by atoms with van der Waals surface area (Å²) in [6.45, 7) is 4.29. The van der Waals surface area contributed by atoms with E-state index < -0.39 is 36.4 Å². The molecule has 11 heteroatoms. The highest BCUT2D eigenvalue weighted by molar-refractivity contribution is 6.48. The molecule has 27 heavy (non-hydrogen) atoms. The highest BCUT2D eigenvalue weighted by atomic mass is 35.5. The molecule has 0 aliphatic carbocycles. The molecule has 0 fully saturated rings. The predicted octanol–water partition coefficient (Wildman–Crippen LogP) is 5.66. The van der Waals surface area contributed by atoms with Gasteiger partial charge in [-0.2, -0.15) is 18.2 Å². The molecule has 1 aromatic rings. The molecular formula is C16H18Cl3F3N2O3. The zero-order chi connectivity index (χ0) is 21.0. The van der Waals surface area contributed by atoms with Crippen LogP contribution in [-0.2, 0) is 4.79 Å². The number of hydrogen-bond acceptors (Lipinski definition) is 3. The molecule has 0 saturated heterocycles. The van der Waals surface area contributed by atoms with Gasteiger partial charge in [-0.25, -0.2) is 4.79 Å². The molecule has 0 spiro atoms. The average molecular weight is 450 g/mol. The number of ketones is 1. The monoisotopic (exact) mass is 448 g/mol. The van der Waals surface area contributed by atoms with Gasteiger partial charge in [0.2, 0.25) is 0 Å². The quantitative estimate of drug-likeness (QED) is 0.431. The number of hydrogen-bond donors (Lipinski definition) is 1. The fourth-order valence-corrected chi connectivity index (χ4v) is 2.51. The van der Waals surface area contributed by atoms with Crippen molar-refractivity contribution in [1.82, 2.24) is 10.4 Å². The smallest absolute Gasteiger partial charge is 0.375 e. The van der Waals surface area contributed by atoms with Crippen molar-refractivity contribution >= 4 is 46.6 Å². The van der Waals surface area contributed by atoms with Crippen LogP contribution in [0.25, 0.3) is 0 Å². The van der Waals surface area contributed by atoms with Crippen molar-refractivity contribution in [3.63, 3.8) is 0 Å². The van der Waals surface area contributed by atoms with Gasteiger partial charge in [0.1, 0.15) is 0 Å². The number of benzene rings is 1. The van der Waals surface area contributed by atoms with Gasteiger partial charge in [0.15, 0.2) is 11.5 Å². The van der Waals surface area contributed by atoms with Crippen LogP contribution in [0.4, 0.5) is 18.0 Å². The van der Waals surface area contributed by atoms with E-state index >= 15 is 0 Å². The lowest BCUT2D eigenvalue weighted by atomic mass is 9.95. The Morgan fingerprint density at radius 3 is 2.11 bits per heavy atom. The lowest BCUT2D eigenvalue weighted by Crippen LogP contribution is -2.55. The number of urea groups is 1. The normalized spacial score (nSPS) is 11.9. The molecule has 152 valence electrons. The summed E-state index contributed by atoms with van der Waals surface area (Å²) in [6.07, 6.45) is -6.46. The first-order valence-corrected chi connectivity index (χ1v) is 8.92. The predicted molar refractivity (Wildman–Crippen MR) is 97.4 cm³/mol. The number of nitrogens with one attached hydrogen (secondary N) is 1. The number of rotatable bonds is 7. The van der Waals surface area contributed by atoms with Crippen molar-refractivity contribution in [1.29, 1.82) is 0 Å². The molecule has 1 N–H and O–H groups in total. The Labute approximate surface area is 169 Å². The van der Waals surface area contributed by atoms with Gasteiger partial charge in [-0.3, -0.25) is 4.79 Å². The summed E-state index contributed by atoms with van der Waals surface area (Å²) in [5, 5.41) is 3.57. The van der Waals surface area contributed by atoms with Crippen LogP contribution in [0.2, 0.25) is 15.1 Å². The van der Waals surface area contributed by atoms with Crippen LogP contribution in [0.15, 0.2) is 12.1 Å². The molecule has 1 rings (SSSR count). The Morgan fingerprint density at radius 2 is 1.67 bits per heavy atom. The summed E-state index contributed by atoms with van der Waals surface area (Å²) in [4.78, 5) is 29.8. The second-order valence-electron chi connectivity index (χ2n) is 6.08. The minimum absolute atomic E-state index is 0.0660. The fraction of sp³-hybridized carbons (Fsp3) is 0.500. The SMILES string of the molecule is CCN(Oc1cc(Cl)c(Cl)c(Cl)c1)C(=O)NC(C)(C)C(=O)CCC(F)(F)F. The van der Waals surface area contributed by atoms with Crippen LogP contribution >= 0.6 is 34.8 Å². The Morgan fingerprint density at radius 1 is 1.15 bits per heavy atom. The molecule has 1 aromatic carbocycles. The van der Waals surface area contributed by atoms with Crippen LogP contribution < -0.4 is 10.2 Å². The van der Waals surface area contributed by atoms with Gasteiger partial charge in [-0.1, -0.05) is 34.8 Å². The van der Waals surface area contributed by atoms with E-state index in [0.29, 0.717) is 0 Å². The van der Waals surface area contributed by atoms with Crippen LogP contribution in [-0.4, -0.2) is 35.1 Å². The summed E-state index contributed by atoms with van der Waals surface area (Å²) in [5.74, 6) is -0.644. The van der Waals surface area contributed by atoms with E-state index in [1.54, 1.807) is 6.92 Å². The third-order valence-corrected chi connectivity index (χ3v) is 4.64. The van der Waals surface area contributed by atoms with E-state index in [2.05, 4.69) is 5.32 Å². The minimum Gasteiger partial charge on any atom is -0.375 e. The maximum atomic E-state index is 12.4. The zero-order valence-corrected chi connectivity index (χ0v) is 17.0. The summed E-state index contributed by atoms with van der Waals surface area (Å²) in [5.41, 5.74) is -1.52. The molecule has 0 aromatic heterocycles. The number of Topliss-reactive ketones (excluding diaryl/α,β-unsaturated/α-hetero) is 1. The Bertz CT molecular complexity index is 689. The zero-order valence-electron chi connectivity index (χ0n) is 14.7. The van der Waals surface area contributed by atoms with E-state index in [1.165, 1.54) is 26.0 Å². The third-order valence-electron chi connectivity index (χ3n) is 3.44. The summed E-state index contributed by atoms with van der Waals surface area (Å²) in [6, 6.07) is 1.86. The Kier molecular flexibility index (Phi) is 8.07. The highest BCUT2D eigenvalue weighted by Crippen LogP contribution is 2.34. The maximum Gasteiger partial charge on any atom is 0.389 e. The second-order valence-corrected chi connectivity index (χ2v) is 7.27.